The standard InChI is InChI=1S/C18H16ClN5O2/c1-10-14(9-21-16(23-10)12-3-5-20-6-4-12)11(2)24-17(25)13-7-15(19)18(26)22-8-13/h3-9,11H,1-2H3,(H,22,26)(H,24,25)/t11-/m1/s1. The first-order valence-electron chi connectivity index (χ1n) is 7.88. The summed E-state index contributed by atoms with van der Waals surface area (Å²) in [5, 5.41) is 2.81. The van der Waals surface area contributed by atoms with Gasteiger partial charge >= 0.3 is 0 Å². The van der Waals surface area contributed by atoms with Gasteiger partial charge in [0.25, 0.3) is 11.5 Å². The number of nitrogens with zero attached hydrogens (tertiary/aromatic N) is 3. The van der Waals surface area contributed by atoms with E-state index in [1.54, 1.807) is 18.6 Å². The summed E-state index contributed by atoms with van der Waals surface area (Å²) in [7, 11) is 0. The van der Waals surface area contributed by atoms with E-state index in [0.29, 0.717) is 5.82 Å². The molecule has 0 unspecified atom stereocenters. The Morgan fingerprint density at radius 3 is 2.69 bits per heavy atom. The average Bonchev–Trinajstić information content (AvgIpc) is 2.64. The third kappa shape index (κ3) is 3.78. The number of rotatable bonds is 4. The summed E-state index contributed by atoms with van der Waals surface area (Å²) >= 11 is 5.76. The van der Waals surface area contributed by atoms with Crippen LogP contribution in [0.2, 0.25) is 5.02 Å². The Bertz CT molecular complexity index is 1000. The summed E-state index contributed by atoms with van der Waals surface area (Å²) in [6, 6.07) is 4.68. The molecule has 3 aromatic rings. The Morgan fingerprint density at radius 2 is 2.04 bits per heavy atom. The minimum Gasteiger partial charge on any atom is -0.345 e. The predicted molar refractivity (Wildman–Crippen MR) is 98.0 cm³/mol. The van der Waals surface area contributed by atoms with Crippen molar-refractivity contribution >= 4 is 17.5 Å². The van der Waals surface area contributed by atoms with Crippen molar-refractivity contribution in [3.63, 3.8) is 0 Å². The highest BCUT2D eigenvalue weighted by Crippen LogP contribution is 2.20. The zero-order valence-electron chi connectivity index (χ0n) is 14.2. The molecular weight excluding hydrogens is 354 g/mol. The lowest BCUT2D eigenvalue weighted by Gasteiger charge is -2.16. The van der Waals surface area contributed by atoms with E-state index in [1.807, 2.05) is 26.0 Å². The molecule has 0 radical (unpaired) electrons. The van der Waals surface area contributed by atoms with Crippen molar-refractivity contribution in [1.29, 1.82) is 0 Å². The van der Waals surface area contributed by atoms with Crippen LogP contribution in [0.1, 0.15) is 34.6 Å². The van der Waals surface area contributed by atoms with E-state index in [1.165, 1.54) is 12.3 Å². The van der Waals surface area contributed by atoms with Gasteiger partial charge in [-0.1, -0.05) is 11.6 Å². The van der Waals surface area contributed by atoms with Crippen LogP contribution in [0.5, 0.6) is 0 Å². The number of pyridine rings is 2. The fourth-order valence-electron chi connectivity index (χ4n) is 2.49. The van der Waals surface area contributed by atoms with Gasteiger partial charge in [-0.05, 0) is 32.0 Å². The van der Waals surface area contributed by atoms with Crippen molar-refractivity contribution in [2.45, 2.75) is 19.9 Å². The van der Waals surface area contributed by atoms with Crippen molar-refractivity contribution < 1.29 is 4.79 Å². The second-order valence-electron chi connectivity index (χ2n) is 5.73. The molecule has 2 N–H and O–H groups in total. The van der Waals surface area contributed by atoms with E-state index in [4.69, 9.17) is 11.6 Å². The molecule has 3 heterocycles. The van der Waals surface area contributed by atoms with Gasteiger partial charge in [0.05, 0.1) is 11.6 Å². The maximum absolute atomic E-state index is 12.4. The van der Waals surface area contributed by atoms with Gasteiger partial charge in [-0.15, -0.1) is 0 Å². The van der Waals surface area contributed by atoms with E-state index in [2.05, 4.69) is 25.3 Å². The van der Waals surface area contributed by atoms with Crippen LogP contribution in [0.15, 0.2) is 47.8 Å². The van der Waals surface area contributed by atoms with Crippen LogP contribution in [-0.4, -0.2) is 25.8 Å². The number of aryl methyl sites for hydroxylation is 1. The van der Waals surface area contributed by atoms with Crippen molar-refractivity contribution in [3.05, 3.63) is 75.2 Å². The monoisotopic (exact) mass is 369 g/mol. The molecule has 0 spiro atoms. The predicted octanol–water partition coefficient (Wildman–Crippen LogP) is 2.68. The number of amides is 1. The van der Waals surface area contributed by atoms with Gasteiger partial charge in [0.15, 0.2) is 5.82 Å². The Balaban J connectivity index is 1.79. The summed E-state index contributed by atoms with van der Waals surface area (Å²) in [5.74, 6) is 0.243. The van der Waals surface area contributed by atoms with Crippen molar-refractivity contribution in [2.75, 3.05) is 0 Å². The van der Waals surface area contributed by atoms with Gasteiger partial charge in [-0.25, -0.2) is 9.97 Å². The molecule has 3 rings (SSSR count). The average molecular weight is 370 g/mol. The highest BCUT2D eigenvalue weighted by molar-refractivity contribution is 6.30. The number of hydrogen-bond donors (Lipinski definition) is 2. The van der Waals surface area contributed by atoms with Crippen LogP contribution in [-0.2, 0) is 0 Å². The van der Waals surface area contributed by atoms with Gasteiger partial charge in [-0.2, -0.15) is 0 Å². The Kier molecular flexibility index (Phi) is 5.09. The van der Waals surface area contributed by atoms with Crippen molar-refractivity contribution in [2.24, 2.45) is 0 Å². The molecule has 0 aromatic carbocycles. The zero-order chi connectivity index (χ0) is 18.7. The molecule has 8 heteroatoms. The Hall–Kier alpha value is -3.06. The molecule has 7 nitrogen and oxygen atoms in total. The van der Waals surface area contributed by atoms with E-state index < -0.39 is 5.56 Å². The second-order valence-corrected chi connectivity index (χ2v) is 6.14. The minimum atomic E-state index is -0.438. The number of aromatic amines is 1. The number of hydrogen-bond acceptors (Lipinski definition) is 5. The molecule has 1 atom stereocenters. The highest BCUT2D eigenvalue weighted by atomic mass is 35.5. The molecule has 0 saturated heterocycles. The largest absolute Gasteiger partial charge is 0.345 e. The van der Waals surface area contributed by atoms with E-state index in [-0.39, 0.29) is 22.5 Å². The molecule has 0 bridgehead atoms. The summed E-state index contributed by atoms with van der Waals surface area (Å²) in [6.45, 7) is 3.70. The quantitative estimate of drug-likeness (QED) is 0.736. The topological polar surface area (TPSA) is 101 Å². The first kappa shape index (κ1) is 17.8. The first-order valence-corrected chi connectivity index (χ1v) is 8.26. The maximum atomic E-state index is 12.4. The van der Waals surface area contributed by atoms with Crippen molar-refractivity contribution in [1.82, 2.24) is 25.3 Å². The number of aromatic nitrogens is 4. The lowest BCUT2D eigenvalue weighted by Crippen LogP contribution is -2.28. The lowest BCUT2D eigenvalue weighted by molar-refractivity contribution is 0.0939. The van der Waals surface area contributed by atoms with Gasteiger partial charge < -0.3 is 10.3 Å². The summed E-state index contributed by atoms with van der Waals surface area (Å²) in [5.41, 5.74) is 2.26. The molecule has 26 heavy (non-hydrogen) atoms. The number of H-pyrrole nitrogens is 1. The molecule has 3 aromatic heterocycles. The number of carbonyl (C=O) groups is 1. The zero-order valence-corrected chi connectivity index (χ0v) is 14.9. The van der Waals surface area contributed by atoms with E-state index in [9.17, 15) is 9.59 Å². The fraction of sp³-hybridized carbons (Fsp3) is 0.167. The summed E-state index contributed by atoms with van der Waals surface area (Å²) in [6.07, 6.45) is 6.38. The summed E-state index contributed by atoms with van der Waals surface area (Å²) in [4.78, 5) is 38.9. The molecule has 0 saturated carbocycles. The normalized spacial score (nSPS) is 11.8. The molecule has 0 fully saturated rings. The Morgan fingerprint density at radius 1 is 1.31 bits per heavy atom. The third-order valence-corrected chi connectivity index (χ3v) is 4.17. The van der Waals surface area contributed by atoms with E-state index >= 15 is 0 Å². The number of carbonyl (C=O) groups excluding carboxylic acids is 1. The summed E-state index contributed by atoms with van der Waals surface area (Å²) < 4.78 is 0. The van der Waals surface area contributed by atoms with Gasteiger partial charge in [0, 0.05) is 41.6 Å². The molecule has 0 aliphatic carbocycles. The molecular formula is C18H16ClN5O2. The van der Waals surface area contributed by atoms with Crippen LogP contribution in [0.25, 0.3) is 11.4 Å². The second kappa shape index (κ2) is 7.45. The van der Waals surface area contributed by atoms with Gasteiger partial charge in [-0.3, -0.25) is 14.6 Å². The minimum absolute atomic E-state index is 0.0356. The van der Waals surface area contributed by atoms with Crippen LogP contribution in [0.4, 0.5) is 0 Å². The Labute approximate surface area is 154 Å². The molecule has 0 aliphatic heterocycles. The SMILES string of the molecule is Cc1nc(-c2ccncc2)ncc1[C@@H](C)NC(=O)c1c[nH]c(=O)c(Cl)c1. The molecule has 1 amide bonds. The maximum Gasteiger partial charge on any atom is 0.266 e. The van der Waals surface area contributed by atoms with Crippen LogP contribution < -0.4 is 10.9 Å². The molecule has 0 aliphatic rings. The van der Waals surface area contributed by atoms with Crippen LogP contribution in [0.3, 0.4) is 0 Å². The van der Waals surface area contributed by atoms with Gasteiger partial charge in [0.1, 0.15) is 5.02 Å². The van der Waals surface area contributed by atoms with Crippen LogP contribution in [0, 0.1) is 6.92 Å². The van der Waals surface area contributed by atoms with Crippen molar-refractivity contribution in [3.8, 4) is 11.4 Å². The van der Waals surface area contributed by atoms with E-state index in [0.717, 1.165) is 16.8 Å². The third-order valence-electron chi connectivity index (χ3n) is 3.89. The highest BCUT2D eigenvalue weighted by Gasteiger charge is 2.16. The lowest BCUT2D eigenvalue weighted by atomic mass is 10.1. The number of nitrogens with one attached hydrogen (secondary N) is 2. The van der Waals surface area contributed by atoms with Gasteiger partial charge in [0.2, 0.25) is 0 Å². The fourth-order valence-corrected chi connectivity index (χ4v) is 2.66. The molecule has 132 valence electrons. The number of halogens is 1. The first-order chi connectivity index (χ1) is 12.5. The smallest absolute Gasteiger partial charge is 0.266 e. The van der Waals surface area contributed by atoms with Crippen LogP contribution >= 0.6 is 11.6 Å².